The van der Waals surface area contributed by atoms with Crippen molar-refractivity contribution in [2.24, 2.45) is 0 Å². The summed E-state index contributed by atoms with van der Waals surface area (Å²) in [6.07, 6.45) is 0.757. The monoisotopic (exact) mass is 406 g/mol. The van der Waals surface area contributed by atoms with Gasteiger partial charge in [0, 0.05) is 47.8 Å². The van der Waals surface area contributed by atoms with E-state index >= 15 is 0 Å². The molecule has 0 N–H and O–H groups in total. The summed E-state index contributed by atoms with van der Waals surface area (Å²) in [4.78, 5) is 32.5. The van der Waals surface area contributed by atoms with Gasteiger partial charge in [0.1, 0.15) is 5.82 Å². The van der Waals surface area contributed by atoms with Gasteiger partial charge < -0.3 is 4.74 Å². The van der Waals surface area contributed by atoms with E-state index in [2.05, 4.69) is 18.7 Å². The first kappa shape index (κ1) is 20.2. The first-order valence-corrected chi connectivity index (χ1v) is 10.0. The lowest BCUT2D eigenvalue weighted by Crippen LogP contribution is -2.37. The molecule has 0 saturated heterocycles. The molecule has 0 radical (unpaired) electrons. The lowest BCUT2D eigenvalue weighted by atomic mass is 9.95. The third-order valence-electron chi connectivity index (χ3n) is 5.51. The molecule has 1 aromatic heterocycles. The Morgan fingerprint density at radius 1 is 1.13 bits per heavy atom. The second-order valence-corrected chi connectivity index (χ2v) is 7.75. The minimum atomic E-state index is -0.536. The maximum Gasteiger partial charge on any atom is 0.339 e. The van der Waals surface area contributed by atoms with Crippen LogP contribution in [0, 0.1) is 5.82 Å². The Morgan fingerprint density at radius 3 is 2.60 bits per heavy atom. The minimum absolute atomic E-state index is 0.303. The van der Waals surface area contributed by atoms with Crippen LogP contribution in [0.15, 0.2) is 48.5 Å². The third kappa shape index (κ3) is 3.96. The topological polar surface area (TPSA) is 59.5 Å². The Hall–Kier alpha value is -3.12. The van der Waals surface area contributed by atoms with E-state index in [1.54, 1.807) is 0 Å². The van der Waals surface area contributed by atoms with Gasteiger partial charge in [0.15, 0.2) is 12.4 Å². The number of aromatic nitrogens is 1. The number of ketones is 1. The van der Waals surface area contributed by atoms with E-state index in [1.807, 2.05) is 24.3 Å². The van der Waals surface area contributed by atoms with Crippen molar-refractivity contribution >= 4 is 22.7 Å². The number of nitrogens with zero attached hydrogens (tertiary/aromatic N) is 2. The van der Waals surface area contributed by atoms with Gasteiger partial charge >= 0.3 is 5.97 Å². The number of hydrogen-bond donors (Lipinski definition) is 0. The van der Waals surface area contributed by atoms with Crippen LogP contribution in [0.25, 0.3) is 10.9 Å². The van der Waals surface area contributed by atoms with Crippen molar-refractivity contribution in [1.29, 1.82) is 0 Å². The molecule has 0 spiro atoms. The number of Topliss-reactive ketones (excluding diaryl/α,β-unsaturated/α-hetero) is 1. The molecule has 1 aliphatic rings. The van der Waals surface area contributed by atoms with Gasteiger partial charge in [-0.2, -0.15) is 0 Å². The summed E-state index contributed by atoms with van der Waals surface area (Å²) < 4.78 is 18.5. The second kappa shape index (κ2) is 8.32. The maximum atomic E-state index is 13.1. The Balaban J connectivity index is 1.65. The summed E-state index contributed by atoms with van der Waals surface area (Å²) in [7, 11) is 0. The number of pyridine rings is 1. The maximum absolute atomic E-state index is 13.1. The number of fused-ring (bicyclic) bond motifs is 2. The van der Waals surface area contributed by atoms with Gasteiger partial charge in [-0.05, 0) is 44.2 Å². The molecule has 154 valence electrons. The third-order valence-corrected chi connectivity index (χ3v) is 5.51. The van der Waals surface area contributed by atoms with Crippen molar-refractivity contribution in [3.8, 4) is 0 Å². The standard InChI is InChI=1S/C24H23FN2O3/c1-15(2)27-12-11-21-19(13-27)23(18-5-3-4-6-20(18)26-21)24(29)30-14-22(28)16-7-9-17(25)10-8-16/h3-10,15H,11-14H2,1-2H3. The summed E-state index contributed by atoms with van der Waals surface area (Å²) >= 11 is 0. The molecule has 0 atom stereocenters. The first-order chi connectivity index (χ1) is 14.4. The van der Waals surface area contributed by atoms with E-state index in [0.717, 1.165) is 35.1 Å². The van der Waals surface area contributed by atoms with Gasteiger partial charge in [-0.3, -0.25) is 14.7 Å². The molecule has 0 saturated carbocycles. The molecule has 0 bridgehead atoms. The lowest BCUT2D eigenvalue weighted by molar-refractivity contribution is 0.0473. The second-order valence-electron chi connectivity index (χ2n) is 7.75. The summed E-state index contributed by atoms with van der Waals surface area (Å²) in [5, 5.41) is 0.723. The van der Waals surface area contributed by atoms with Crippen molar-refractivity contribution in [1.82, 2.24) is 9.88 Å². The fraction of sp³-hybridized carbons (Fsp3) is 0.292. The van der Waals surface area contributed by atoms with Gasteiger partial charge in [0.25, 0.3) is 0 Å². The number of carbonyl (C=O) groups is 2. The predicted octanol–water partition coefficient (Wildman–Crippen LogP) is 4.18. The highest BCUT2D eigenvalue weighted by Crippen LogP contribution is 2.29. The molecular formula is C24H23FN2O3. The van der Waals surface area contributed by atoms with Crippen molar-refractivity contribution in [3.63, 3.8) is 0 Å². The van der Waals surface area contributed by atoms with Crippen molar-refractivity contribution < 1.29 is 18.7 Å². The number of carbonyl (C=O) groups excluding carboxylic acids is 2. The SMILES string of the molecule is CC(C)N1CCc2nc3ccccc3c(C(=O)OCC(=O)c3ccc(F)cc3)c2C1. The van der Waals surface area contributed by atoms with Crippen molar-refractivity contribution in [2.45, 2.75) is 32.9 Å². The number of hydrogen-bond acceptors (Lipinski definition) is 5. The van der Waals surface area contributed by atoms with Crippen LogP contribution in [0.2, 0.25) is 0 Å². The number of rotatable bonds is 5. The molecule has 0 amide bonds. The van der Waals surface area contributed by atoms with E-state index in [-0.39, 0.29) is 5.78 Å². The van der Waals surface area contributed by atoms with Gasteiger partial charge in [0.2, 0.25) is 0 Å². The largest absolute Gasteiger partial charge is 0.454 e. The van der Waals surface area contributed by atoms with Crippen LogP contribution in [-0.2, 0) is 17.7 Å². The van der Waals surface area contributed by atoms with Gasteiger partial charge in [-0.15, -0.1) is 0 Å². The van der Waals surface area contributed by atoms with Crippen LogP contribution in [0.5, 0.6) is 0 Å². The highest BCUT2D eigenvalue weighted by molar-refractivity contribution is 6.06. The highest BCUT2D eigenvalue weighted by atomic mass is 19.1. The minimum Gasteiger partial charge on any atom is -0.454 e. The van der Waals surface area contributed by atoms with E-state index in [0.29, 0.717) is 23.7 Å². The summed E-state index contributed by atoms with van der Waals surface area (Å²) in [6.45, 7) is 5.34. The number of benzene rings is 2. The lowest BCUT2D eigenvalue weighted by Gasteiger charge is -2.32. The number of para-hydroxylation sites is 1. The van der Waals surface area contributed by atoms with Gasteiger partial charge in [0.05, 0.1) is 11.1 Å². The summed E-state index contributed by atoms with van der Waals surface area (Å²) in [5.41, 5.74) is 3.30. The molecule has 2 heterocycles. The Bertz CT molecular complexity index is 1110. The molecule has 0 unspecified atom stereocenters. The summed E-state index contributed by atoms with van der Waals surface area (Å²) in [6, 6.07) is 13.0. The van der Waals surface area contributed by atoms with E-state index in [1.165, 1.54) is 24.3 Å². The normalized spacial score (nSPS) is 14.0. The molecule has 5 nitrogen and oxygen atoms in total. The number of halogens is 1. The molecule has 0 fully saturated rings. The molecule has 6 heteroatoms. The van der Waals surface area contributed by atoms with Gasteiger partial charge in [-0.25, -0.2) is 9.18 Å². The molecule has 30 heavy (non-hydrogen) atoms. The van der Waals surface area contributed by atoms with Crippen LogP contribution in [0.4, 0.5) is 4.39 Å². The molecular weight excluding hydrogens is 383 g/mol. The average Bonchev–Trinajstić information content (AvgIpc) is 2.75. The Kier molecular flexibility index (Phi) is 5.59. The average molecular weight is 406 g/mol. The van der Waals surface area contributed by atoms with E-state index in [4.69, 9.17) is 9.72 Å². The van der Waals surface area contributed by atoms with Crippen LogP contribution in [0.3, 0.4) is 0 Å². The molecule has 2 aromatic carbocycles. The highest BCUT2D eigenvalue weighted by Gasteiger charge is 2.27. The van der Waals surface area contributed by atoms with Crippen molar-refractivity contribution in [2.75, 3.05) is 13.2 Å². The zero-order valence-corrected chi connectivity index (χ0v) is 17.0. The smallest absolute Gasteiger partial charge is 0.339 e. The first-order valence-electron chi connectivity index (χ1n) is 10.0. The van der Waals surface area contributed by atoms with Crippen LogP contribution in [0.1, 0.15) is 45.8 Å². The zero-order valence-electron chi connectivity index (χ0n) is 17.0. The van der Waals surface area contributed by atoms with Crippen molar-refractivity contribution in [3.05, 3.63) is 76.7 Å². The van der Waals surface area contributed by atoms with E-state index in [9.17, 15) is 14.0 Å². The number of ether oxygens (including phenoxy) is 1. The van der Waals surface area contributed by atoms with Crippen LogP contribution in [-0.4, -0.2) is 40.8 Å². The quantitative estimate of drug-likeness (QED) is 0.470. The Labute approximate surface area is 174 Å². The molecule has 3 aromatic rings. The summed E-state index contributed by atoms with van der Waals surface area (Å²) in [5.74, 6) is -1.33. The van der Waals surface area contributed by atoms with Crippen LogP contribution >= 0.6 is 0 Å². The molecule has 1 aliphatic heterocycles. The molecule has 0 aliphatic carbocycles. The Morgan fingerprint density at radius 2 is 1.87 bits per heavy atom. The fourth-order valence-electron chi connectivity index (χ4n) is 3.81. The zero-order chi connectivity index (χ0) is 21.3. The molecule has 4 rings (SSSR count). The number of esters is 1. The predicted molar refractivity (Wildman–Crippen MR) is 112 cm³/mol. The van der Waals surface area contributed by atoms with E-state index < -0.39 is 18.4 Å². The van der Waals surface area contributed by atoms with Gasteiger partial charge in [-0.1, -0.05) is 18.2 Å². The fourth-order valence-corrected chi connectivity index (χ4v) is 3.81. The van der Waals surface area contributed by atoms with Crippen LogP contribution < -0.4 is 0 Å².